The fraction of sp³-hybridized carbons (Fsp3) is 0.750. The summed E-state index contributed by atoms with van der Waals surface area (Å²) in [6.45, 7) is 3.88. The van der Waals surface area contributed by atoms with Gasteiger partial charge in [0, 0.05) is 13.0 Å². The first-order chi connectivity index (χ1) is 6.11. The smallest absolute Gasteiger partial charge is 0.328 e. The average Bonchev–Trinajstić information content (AvgIpc) is 2.05. The highest BCUT2D eigenvalue weighted by atomic mass is 16.5. The number of ether oxygens (including phenoxy) is 1. The maximum Gasteiger partial charge on any atom is 0.328 e. The van der Waals surface area contributed by atoms with Crippen LogP contribution in [0, 0.1) is 0 Å². The summed E-state index contributed by atoms with van der Waals surface area (Å²) >= 11 is 0. The summed E-state index contributed by atoms with van der Waals surface area (Å²) in [5.41, 5.74) is 5.16. The normalized spacial score (nSPS) is 11.9. The van der Waals surface area contributed by atoms with Gasteiger partial charge in [-0.3, -0.25) is 4.79 Å². The first kappa shape index (κ1) is 11.9. The monoisotopic (exact) mass is 188 g/mol. The van der Waals surface area contributed by atoms with E-state index >= 15 is 0 Å². The van der Waals surface area contributed by atoms with Gasteiger partial charge in [0.05, 0.1) is 6.61 Å². The summed E-state index contributed by atoms with van der Waals surface area (Å²) in [4.78, 5) is 22.0. The van der Waals surface area contributed by atoms with E-state index in [0.717, 1.165) is 0 Å². The van der Waals surface area contributed by atoms with E-state index in [9.17, 15) is 9.59 Å². The summed E-state index contributed by atoms with van der Waals surface area (Å²) in [6.07, 6.45) is 0.226. The lowest BCUT2D eigenvalue weighted by Gasteiger charge is -2.11. The highest BCUT2D eigenvalue weighted by Gasteiger charge is 2.15. The molecule has 0 aromatic carbocycles. The third kappa shape index (κ3) is 5.19. The zero-order chi connectivity index (χ0) is 10.3. The molecule has 0 radical (unpaired) electrons. The number of carbonyl (C=O) groups is 2. The molecular formula is C8H16N2O3. The van der Waals surface area contributed by atoms with E-state index in [0.29, 0.717) is 6.61 Å². The van der Waals surface area contributed by atoms with Gasteiger partial charge >= 0.3 is 5.97 Å². The van der Waals surface area contributed by atoms with E-state index in [1.54, 1.807) is 13.8 Å². The molecule has 76 valence electrons. The second kappa shape index (κ2) is 6.42. The molecule has 0 saturated heterocycles. The van der Waals surface area contributed by atoms with Gasteiger partial charge in [-0.15, -0.1) is 0 Å². The lowest BCUT2D eigenvalue weighted by molar-refractivity contribution is -0.146. The van der Waals surface area contributed by atoms with Crippen molar-refractivity contribution in [2.75, 3.05) is 13.2 Å². The number of esters is 1. The number of hydrogen-bond acceptors (Lipinski definition) is 4. The third-order valence-corrected chi connectivity index (χ3v) is 1.39. The predicted octanol–water partition coefficient (Wildman–Crippen LogP) is -0.597. The van der Waals surface area contributed by atoms with Gasteiger partial charge in [0.2, 0.25) is 5.91 Å². The maximum atomic E-state index is 11.0. The summed E-state index contributed by atoms with van der Waals surface area (Å²) in [5.74, 6) is -0.657. The van der Waals surface area contributed by atoms with Crippen molar-refractivity contribution in [3.8, 4) is 0 Å². The molecule has 0 aromatic rings. The summed E-state index contributed by atoms with van der Waals surface area (Å²) < 4.78 is 4.70. The van der Waals surface area contributed by atoms with Crippen LogP contribution in [0.25, 0.3) is 0 Å². The molecule has 0 rings (SSSR count). The number of amides is 1. The van der Waals surface area contributed by atoms with Gasteiger partial charge in [-0.05, 0) is 13.8 Å². The van der Waals surface area contributed by atoms with Gasteiger partial charge in [0.15, 0.2) is 0 Å². The Kier molecular flexibility index (Phi) is 5.88. The summed E-state index contributed by atoms with van der Waals surface area (Å²) in [5, 5.41) is 2.47. The minimum Gasteiger partial charge on any atom is -0.464 e. The van der Waals surface area contributed by atoms with Crippen molar-refractivity contribution in [2.24, 2.45) is 5.73 Å². The van der Waals surface area contributed by atoms with Crippen molar-refractivity contribution >= 4 is 11.9 Å². The molecule has 0 bridgehead atoms. The van der Waals surface area contributed by atoms with E-state index < -0.39 is 12.0 Å². The Labute approximate surface area is 77.6 Å². The lowest BCUT2D eigenvalue weighted by atomic mass is 10.3. The molecule has 0 aliphatic rings. The van der Waals surface area contributed by atoms with Crippen molar-refractivity contribution in [3.63, 3.8) is 0 Å². The average molecular weight is 188 g/mol. The minimum absolute atomic E-state index is 0.226. The Bertz CT molecular complexity index is 182. The van der Waals surface area contributed by atoms with Gasteiger partial charge in [-0.1, -0.05) is 0 Å². The fourth-order valence-electron chi connectivity index (χ4n) is 0.771. The van der Waals surface area contributed by atoms with E-state index in [-0.39, 0.29) is 18.9 Å². The highest BCUT2D eigenvalue weighted by molar-refractivity contribution is 5.84. The van der Waals surface area contributed by atoms with Crippen LogP contribution in [0.3, 0.4) is 0 Å². The second-order valence-electron chi connectivity index (χ2n) is 2.58. The molecule has 0 spiro atoms. The van der Waals surface area contributed by atoms with Crippen molar-refractivity contribution in [3.05, 3.63) is 0 Å². The Hall–Kier alpha value is -1.10. The van der Waals surface area contributed by atoms with Gasteiger partial charge in [-0.25, -0.2) is 4.79 Å². The minimum atomic E-state index is -0.598. The molecular weight excluding hydrogens is 172 g/mol. The molecule has 0 aliphatic heterocycles. The molecule has 3 N–H and O–H groups in total. The molecule has 5 heteroatoms. The Morgan fingerprint density at radius 1 is 1.54 bits per heavy atom. The number of carbonyl (C=O) groups excluding carboxylic acids is 2. The first-order valence-corrected chi connectivity index (χ1v) is 4.27. The molecule has 1 unspecified atom stereocenters. The van der Waals surface area contributed by atoms with Crippen molar-refractivity contribution in [2.45, 2.75) is 26.3 Å². The predicted molar refractivity (Wildman–Crippen MR) is 47.9 cm³/mol. The van der Waals surface area contributed by atoms with Crippen molar-refractivity contribution in [1.29, 1.82) is 0 Å². The van der Waals surface area contributed by atoms with Crippen LogP contribution in [0.2, 0.25) is 0 Å². The zero-order valence-electron chi connectivity index (χ0n) is 8.00. The number of nitrogens with one attached hydrogen (secondary N) is 1. The largest absolute Gasteiger partial charge is 0.464 e. The van der Waals surface area contributed by atoms with E-state index in [2.05, 4.69) is 5.32 Å². The van der Waals surface area contributed by atoms with Crippen LogP contribution in [0.1, 0.15) is 20.3 Å². The van der Waals surface area contributed by atoms with Crippen LogP contribution in [-0.4, -0.2) is 31.1 Å². The standard InChI is InChI=1S/C8H16N2O3/c1-3-13-8(12)6(2)10-7(11)4-5-9/h6H,3-5,9H2,1-2H3,(H,10,11). The van der Waals surface area contributed by atoms with Crippen molar-refractivity contribution < 1.29 is 14.3 Å². The fourth-order valence-corrected chi connectivity index (χ4v) is 0.771. The molecule has 5 nitrogen and oxygen atoms in total. The van der Waals surface area contributed by atoms with Crippen LogP contribution in [-0.2, 0) is 14.3 Å². The number of nitrogens with two attached hydrogens (primary N) is 1. The lowest BCUT2D eigenvalue weighted by Crippen LogP contribution is -2.40. The molecule has 0 aromatic heterocycles. The van der Waals surface area contributed by atoms with Gasteiger partial charge in [0.25, 0.3) is 0 Å². The molecule has 1 amide bonds. The summed E-state index contributed by atoms with van der Waals surface area (Å²) in [7, 11) is 0. The molecule has 0 fully saturated rings. The zero-order valence-corrected chi connectivity index (χ0v) is 8.00. The second-order valence-corrected chi connectivity index (χ2v) is 2.58. The molecule has 13 heavy (non-hydrogen) atoms. The number of rotatable bonds is 5. The molecule has 0 aliphatic carbocycles. The van der Waals surface area contributed by atoms with Crippen LogP contribution >= 0.6 is 0 Å². The van der Waals surface area contributed by atoms with Crippen LogP contribution in [0.4, 0.5) is 0 Å². The third-order valence-electron chi connectivity index (χ3n) is 1.39. The van der Waals surface area contributed by atoms with Crippen LogP contribution < -0.4 is 11.1 Å². The quantitative estimate of drug-likeness (QED) is 0.565. The van der Waals surface area contributed by atoms with Gasteiger partial charge in [-0.2, -0.15) is 0 Å². The Balaban J connectivity index is 3.78. The topological polar surface area (TPSA) is 81.4 Å². The van der Waals surface area contributed by atoms with Crippen LogP contribution in [0.15, 0.2) is 0 Å². The number of hydrogen-bond donors (Lipinski definition) is 2. The van der Waals surface area contributed by atoms with E-state index in [1.807, 2.05) is 0 Å². The molecule has 0 heterocycles. The van der Waals surface area contributed by atoms with E-state index in [4.69, 9.17) is 10.5 Å². The highest BCUT2D eigenvalue weighted by Crippen LogP contribution is 1.88. The maximum absolute atomic E-state index is 11.0. The van der Waals surface area contributed by atoms with Crippen molar-refractivity contribution in [1.82, 2.24) is 5.32 Å². The SMILES string of the molecule is CCOC(=O)C(C)NC(=O)CCN. The van der Waals surface area contributed by atoms with Gasteiger partial charge < -0.3 is 15.8 Å². The first-order valence-electron chi connectivity index (χ1n) is 4.27. The molecule has 1 atom stereocenters. The Morgan fingerprint density at radius 3 is 2.62 bits per heavy atom. The van der Waals surface area contributed by atoms with Crippen LogP contribution in [0.5, 0.6) is 0 Å². The van der Waals surface area contributed by atoms with Gasteiger partial charge in [0.1, 0.15) is 6.04 Å². The van der Waals surface area contributed by atoms with E-state index in [1.165, 1.54) is 0 Å². The Morgan fingerprint density at radius 2 is 2.15 bits per heavy atom. The summed E-state index contributed by atoms with van der Waals surface area (Å²) in [6, 6.07) is -0.598. The molecule has 0 saturated carbocycles.